The molecule has 2 N–H and O–H groups in total. The SMILES string of the molecule is COc1cc(C(=O)O[C@@H]2C[C@]3(C)O[C@@H]3C[C@]3(C)CC[C@](O)(C(C)C)[C@@H]23)ccc1O. The summed E-state index contributed by atoms with van der Waals surface area (Å²) >= 11 is 0. The van der Waals surface area contributed by atoms with Crippen LogP contribution in [-0.4, -0.2) is 46.7 Å². The van der Waals surface area contributed by atoms with Crippen LogP contribution in [0.1, 0.15) is 63.7 Å². The lowest BCUT2D eigenvalue weighted by Gasteiger charge is -2.44. The largest absolute Gasteiger partial charge is 0.504 e. The highest BCUT2D eigenvalue weighted by molar-refractivity contribution is 5.90. The van der Waals surface area contributed by atoms with E-state index in [1.54, 1.807) is 0 Å². The molecule has 6 atom stereocenters. The maximum atomic E-state index is 13.0. The number of hydrogen-bond acceptors (Lipinski definition) is 6. The first-order valence-corrected chi connectivity index (χ1v) is 10.5. The Balaban J connectivity index is 1.67. The maximum Gasteiger partial charge on any atom is 0.338 e. The maximum absolute atomic E-state index is 13.0. The molecule has 3 fully saturated rings. The van der Waals surface area contributed by atoms with Crippen LogP contribution in [0.3, 0.4) is 0 Å². The summed E-state index contributed by atoms with van der Waals surface area (Å²) in [5.74, 6) is -0.366. The Kier molecular flexibility index (Phi) is 4.67. The van der Waals surface area contributed by atoms with E-state index < -0.39 is 17.7 Å². The topological polar surface area (TPSA) is 88.5 Å². The minimum Gasteiger partial charge on any atom is -0.504 e. The number of rotatable bonds is 4. The Bertz CT molecular complexity index is 822. The molecule has 1 heterocycles. The third-order valence-corrected chi connectivity index (χ3v) is 7.72. The first kappa shape index (κ1) is 20.5. The minimum absolute atomic E-state index is 0.0298. The van der Waals surface area contributed by atoms with Gasteiger partial charge in [0.1, 0.15) is 6.10 Å². The Hall–Kier alpha value is -1.79. The quantitative estimate of drug-likeness (QED) is 0.588. The van der Waals surface area contributed by atoms with Crippen molar-refractivity contribution in [3.8, 4) is 11.5 Å². The molecule has 0 amide bonds. The first-order chi connectivity index (χ1) is 13.5. The van der Waals surface area contributed by atoms with Crippen LogP contribution in [0.15, 0.2) is 18.2 Å². The van der Waals surface area contributed by atoms with Crippen LogP contribution in [-0.2, 0) is 9.47 Å². The van der Waals surface area contributed by atoms with Gasteiger partial charge in [-0.15, -0.1) is 0 Å². The van der Waals surface area contributed by atoms with E-state index in [-0.39, 0.29) is 40.5 Å². The number of benzene rings is 1. The smallest absolute Gasteiger partial charge is 0.338 e. The summed E-state index contributed by atoms with van der Waals surface area (Å²) in [5.41, 5.74) is -1.01. The number of hydrogen-bond donors (Lipinski definition) is 2. The highest BCUT2D eigenvalue weighted by atomic mass is 16.6. The molecule has 0 radical (unpaired) electrons. The fraction of sp³-hybridized carbons (Fsp3) is 0.696. The van der Waals surface area contributed by atoms with Crippen molar-refractivity contribution in [1.82, 2.24) is 0 Å². The zero-order valence-electron chi connectivity index (χ0n) is 17.9. The van der Waals surface area contributed by atoms with Crippen LogP contribution in [0, 0.1) is 17.3 Å². The van der Waals surface area contributed by atoms with Gasteiger partial charge in [0.25, 0.3) is 0 Å². The monoisotopic (exact) mass is 404 g/mol. The minimum atomic E-state index is -0.876. The number of esters is 1. The van der Waals surface area contributed by atoms with Crippen LogP contribution in [0.4, 0.5) is 0 Å². The molecule has 3 aliphatic rings. The summed E-state index contributed by atoms with van der Waals surface area (Å²) < 4.78 is 17.2. The van der Waals surface area contributed by atoms with E-state index in [1.807, 2.05) is 13.8 Å². The highest BCUT2D eigenvalue weighted by Crippen LogP contribution is 2.63. The molecule has 6 heteroatoms. The number of epoxide rings is 1. The van der Waals surface area contributed by atoms with Crippen molar-refractivity contribution in [3.63, 3.8) is 0 Å². The van der Waals surface area contributed by atoms with Crippen LogP contribution < -0.4 is 4.74 Å². The zero-order valence-corrected chi connectivity index (χ0v) is 17.9. The number of carbonyl (C=O) groups is 1. The summed E-state index contributed by atoms with van der Waals surface area (Å²) in [5, 5.41) is 21.4. The molecular weight excluding hydrogens is 372 g/mol. The average molecular weight is 405 g/mol. The van der Waals surface area contributed by atoms with E-state index in [9.17, 15) is 15.0 Å². The normalized spacial score (nSPS) is 40.7. The second-order valence-electron chi connectivity index (χ2n) is 9.94. The van der Waals surface area contributed by atoms with Gasteiger partial charge in [0, 0.05) is 12.3 Å². The van der Waals surface area contributed by atoms with Gasteiger partial charge in [0.15, 0.2) is 11.5 Å². The van der Waals surface area contributed by atoms with E-state index in [0.29, 0.717) is 18.4 Å². The van der Waals surface area contributed by atoms with Crippen molar-refractivity contribution in [2.24, 2.45) is 17.3 Å². The van der Waals surface area contributed by atoms with E-state index >= 15 is 0 Å². The number of phenolic OH excluding ortho intramolecular Hbond substituents is 1. The second kappa shape index (κ2) is 6.61. The predicted octanol–water partition coefficient (Wildman–Crippen LogP) is 3.68. The van der Waals surface area contributed by atoms with Gasteiger partial charge in [0.2, 0.25) is 0 Å². The van der Waals surface area contributed by atoms with E-state index in [2.05, 4.69) is 13.8 Å². The van der Waals surface area contributed by atoms with Crippen LogP contribution in [0.25, 0.3) is 0 Å². The summed E-state index contributed by atoms with van der Waals surface area (Å²) in [6, 6.07) is 4.43. The van der Waals surface area contributed by atoms with Gasteiger partial charge in [-0.3, -0.25) is 0 Å². The van der Waals surface area contributed by atoms with Gasteiger partial charge < -0.3 is 24.4 Å². The molecular formula is C23H32O6. The average Bonchev–Trinajstić information content (AvgIpc) is 3.19. The van der Waals surface area contributed by atoms with Gasteiger partial charge in [-0.2, -0.15) is 0 Å². The number of phenols is 1. The molecule has 4 rings (SSSR count). The molecule has 2 aliphatic carbocycles. The third-order valence-electron chi connectivity index (χ3n) is 7.72. The molecule has 1 saturated heterocycles. The van der Waals surface area contributed by atoms with Crippen molar-refractivity contribution in [2.75, 3.05) is 7.11 Å². The van der Waals surface area contributed by atoms with Crippen LogP contribution >= 0.6 is 0 Å². The standard InChI is InChI=1S/C23H32O6/c1-13(2)23(26)9-8-21(3)12-18-22(4,29-18)11-17(19(21)23)28-20(25)14-6-7-15(24)16(10-14)27-5/h6-7,10,13,17-19,24,26H,8-9,11-12H2,1-5H3/t17-,18-,19+,21+,22+,23+/m1/s1. The first-order valence-electron chi connectivity index (χ1n) is 10.5. The van der Waals surface area contributed by atoms with E-state index in [0.717, 1.165) is 12.8 Å². The van der Waals surface area contributed by atoms with Gasteiger partial charge in [-0.25, -0.2) is 4.79 Å². The third kappa shape index (κ3) is 3.21. The molecule has 1 aromatic carbocycles. The second-order valence-corrected chi connectivity index (χ2v) is 9.94. The van der Waals surface area contributed by atoms with Gasteiger partial charge >= 0.3 is 5.97 Å². The van der Waals surface area contributed by atoms with Gasteiger partial charge in [-0.1, -0.05) is 20.8 Å². The van der Waals surface area contributed by atoms with Crippen molar-refractivity contribution in [2.45, 2.75) is 76.8 Å². The zero-order chi connectivity index (χ0) is 21.2. The molecule has 6 nitrogen and oxygen atoms in total. The van der Waals surface area contributed by atoms with Crippen LogP contribution in [0.2, 0.25) is 0 Å². The van der Waals surface area contributed by atoms with E-state index in [1.165, 1.54) is 25.3 Å². The number of ether oxygens (including phenoxy) is 3. The summed E-state index contributed by atoms with van der Waals surface area (Å²) in [4.78, 5) is 13.0. The van der Waals surface area contributed by atoms with E-state index in [4.69, 9.17) is 14.2 Å². The molecule has 1 aliphatic heterocycles. The lowest BCUT2D eigenvalue weighted by Crippen LogP contribution is -2.50. The number of aliphatic hydroxyl groups is 1. The molecule has 2 saturated carbocycles. The molecule has 0 unspecified atom stereocenters. The predicted molar refractivity (Wildman–Crippen MR) is 107 cm³/mol. The summed E-state index contributed by atoms with van der Waals surface area (Å²) in [6.07, 6.45) is 2.76. The number of fused-ring (bicyclic) bond motifs is 2. The number of aromatic hydroxyl groups is 1. The summed E-state index contributed by atoms with van der Waals surface area (Å²) in [6.45, 7) is 8.36. The molecule has 0 aromatic heterocycles. The molecule has 0 bridgehead atoms. The fourth-order valence-electron chi connectivity index (χ4n) is 5.84. The molecule has 160 valence electrons. The van der Waals surface area contributed by atoms with Crippen LogP contribution in [0.5, 0.6) is 11.5 Å². The molecule has 0 spiro atoms. The Morgan fingerprint density at radius 1 is 1.24 bits per heavy atom. The van der Waals surface area contributed by atoms with Crippen molar-refractivity contribution >= 4 is 5.97 Å². The lowest BCUT2D eigenvalue weighted by atomic mass is 9.67. The van der Waals surface area contributed by atoms with Crippen molar-refractivity contribution < 1.29 is 29.2 Å². The van der Waals surface area contributed by atoms with Crippen molar-refractivity contribution in [1.29, 1.82) is 0 Å². The fourth-order valence-corrected chi connectivity index (χ4v) is 5.84. The Morgan fingerprint density at radius 3 is 2.62 bits per heavy atom. The number of methoxy groups -OCH3 is 1. The number of carbonyl (C=O) groups excluding carboxylic acids is 1. The summed E-state index contributed by atoms with van der Waals surface area (Å²) in [7, 11) is 1.44. The lowest BCUT2D eigenvalue weighted by molar-refractivity contribution is -0.120. The van der Waals surface area contributed by atoms with Crippen molar-refractivity contribution in [3.05, 3.63) is 23.8 Å². The molecule has 1 aromatic rings. The highest BCUT2D eigenvalue weighted by Gasteiger charge is 2.68. The Morgan fingerprint density at radius 2 is 1.97 bits per heavy atom. The molecule has 29 heavy (non-hydrogen) atoms. The van der Waals surface area contributed by atoms with Gasteiger partial charge in [0.05, 0.1) is 30.0 Å². The van der Waals surface area contributed by atoms with Gasteiger partial charge in [-0.05, 0) is 55.7 Å². The Labute approximate surface area is 172 Å².